The molecule has 1 aromatic carbocycles. The molecule has 1 aliphatic carbocycles. The number of carbonyl (C=O) groups is 2. The molecular weight excluding hydrogens is 240 g/mol. The van der Waals surface area contributed by atoms with Gasteiger partial charge in [0.1, 0.15) is 0 Å². The number of Topliss-reactive ketones (excluding diaryl/α,β-unsaturated/α-hetero) is 1. The number of ketones is 1. The molecule has 0 bridgehead atoms. The minimum absolute atomic E-state index is 0.134. The quantitative estimate of drug-likeness (QED) is 0.604. The summed E-state index contributed by atoms with van der Waals surface area (Å²) in [5.41, 5.74) is 2.36. The molecule has 0 radical (unpaired) electrons. The van der Waals surface area contributed by atoms with Crippen LogP contribution in [0.2, 0.25) is 0 Å². The molecule has 1 aliphatic rings. The Labute approximate surface area is 113 Å². The third-order valence-corrected chi connectivity index (χ3v) is 3.52. The maximum atomic E-state index is 12.0. The number of rotatable bonds is 2. The van der Waals surface area contributed by atoms with Crippen molar-refractivity contribution in [1.29, 1.82) is 0 Å². The lowest BCUT2D eigenvalue weighted by Gasteiger charge is -2.19. The molecule has 3 heteroatoms. The van der Waals surface area contributed by atoms with Gasteiger partial charge in [-0.15, -0.1) is 0 Å². The summed E-state index contributed by atoms with van der Waals surface area (Å²) < 4.78 is 4.65. The maximum absolute atomic E-state index is 12.0. The molecule has 3 nitrogen and oxygen atoms in total. The van der Waals surface area contributed by atoms with Gasteiger partial charge in [0.25, 0.3) is 0 Å². The topological polar surface area (TPSA) is 43.4 Å². The molecule has 0 aromatic heterocycles. The van der Waals surface area contributed by atoms with Gasteiger partial charge >= 0.3 is 5.97 Å². The van der Waals surface area contributed by atoms with Crippen molar-refractivity contribution in [3.05, 3.63) is 41.0 Å². The molecule has 0 unspecified atom stereocenters. The van der Waals surface area contributed by atoms with Crippen molar-refractivity contribution in [3.63, 3.8) is 0 Å². The third kappa shape index (κ3) is 3.11. The SMILES string of the molecule is COC(=O)c1ccc(/C=C2\CCC[C@@H](C)C2=O)cc1. The van der Waals surface area contributed by atoms with Crippen LogP contribution in [0.25, 0.3) is 6.08 Å². The summed E-state index contributed by atoms with van der Waals surface area (Å²) in [7, 11) is 1.36. The van der Waals surface area contributed by atoms with E-state index in [1.54, 1.807) is 12.1 Å². The first-order valence-corrected chi connectivity index (χ1v) is 6.55. The van der Waals surface area contributed by atoms with Crippen LogP contribution in [0.3, 0.4) is 0 Å². The first kappa shape index (κ1) is 13.5. The van der Waals surface area contributed by atoms with Gasteiger partial charge in [-0.1, -0.05) is 19.1 Å². The molecule has 0 spiro atoms. The van der Waals surface area contributed by atoms with E-state index < -0.39 is 0 Å². The van der Waals surface area contributed by atoms with Gasteiger partial charge in [0.2, 0.25) is 0 Å². The largest absolute Gasteiger partial charge is 0.465 e. The summed E-state index contributed by atoms with van der Waals surface area (Å²) in [6.07, 6.45) is 4.83. The van der Waals surface area contributed by atoms with Crippen molar-refractivity contribution in [2.45, 2.75) is 26.2 Å². The lowest BCUT2D eigenvalue weighted by atomic mass is 9.84. The van der Waals surface area contributed by atoms with Crippen LogP contribution >= 0.6 is 0 Å². The molecule has 19 heavy (non-hydrogen) atoms. The summed E-state index contributed by atoms with van der Waals surface area (Å²) in [5.74, 6) is 0.0409. The van der Waals surface area contributed by atoms with E-state index in [0.29, 0.717) is 5.56 Å². The molecule has 1 fully saturated rings. The third-order valence-electron chi connectivity index (χ3n) is 3.52. The first-order chi connectivity index (χ1) is 9.11. The Balaban J connectivity index is 2.19. The molecule has 0 heterocycles. The predicted molar refractivity (Wildman–Crippen MR) is 73.8 cm³/mol. The van der Waals surface area contributed by atoms with E-state index in [1.807, 2.05) is 25.1 Å². The predicted octanol–water partition coefficient (Wildman–Crippen LogP) is 3.25. The number of allylic oxidation sites excluding steroid dienone is 1. The second kappa shape index (κ2) is 5.83. The van der Waals surface area contributed by atoms with E-state index in [4.69, 9.17) is 0 Å². The lowest BCUT2D eigenvalue weighted by molar-refractivity contribution is -0.119. The summed E-state index contributed by atoms with van der Waals surface area (Å²) in [6, 6.07) is 7.11. The van der Waals surface area contributed by atoms with E-state index in [2.05, 4.69) is 4.74 Å². The van der Waals surface area contributed by atoms with E-state index >= 15 is 0 Å². The highest BCUT2D eigenvalue weighted by Gasteiger charge is 2.22. The first-order valence-electron chi connectivity index (χ1n) is 6.55. The molecule has 1 aromatic rings. The van der Waals surface area contributed by atoms with E-state index in [1.165, 1.54) is 7.11 Å². The molecule has 1 saturated carbocycles. The average molecular weight is 258 g/mol. The second-order valence-corrected chi connectivity index (χ2v) is 4.94. The van der Waals surface area contributed by atoms with Crippen molar-refractivity contribution in [2.75, 3.05) is 7.11 Å². The molecular formula is C16H18O3. The fourth-order valence-corrected chi connectivity index (χ4v) is 2.35. The molecule has 0 N–H and O–H groups in total. The Morgan fingerprint density at radius 2 is 2.00 bits per heavy atom. The summed E-state index contributed by atoms with van der Waals surface area (Å²) in [5, 5.41) is 0. The zero-order valence-corrected chi connectivity index (χ0v) is 11.3. The second-order valence-electron chi connectivity index (χ2n) is 4.94. The van der Waals surface area contributed by atoms with Crippen LogP contribution in [-0.2, 0) is 9.53 Å². The van der Waals surface area contributed by atoms with Crippen LogP contribution in [-0.4, -0.2) is 18.9 Å². The van der Waals surface area contributed by atoms with E-state index in [-0.39, 0.29) is 17.7 Å². The molecule has 0 saturated heterocycles. The van der Waals surface area contributed by atoms with Crippen LogP contribution in [0.5, 0.6) is 0 Å². The minimum Gasteiger partial charge on any atom is -0.465 e. The van der Waals surface area contributed by atoms with Gasteiger partial charge in [-0.3, -0.25) is 4.79 Å². The maximum Gasteiger partial charge on any atom is 0.337 e. The zero-order valence-electron chi connectivity index (χ0n) is 11.3. The Kier molecular flexibility index (Phi) is 4.15. The number of hydrogen-bond donors (Lipinski definition) is 0. The van der Waals surface area contributed by atoms with Crippen molar-refractivity contribution in [2.24, 2.45) is 5.92 Å². The highest BCUT2D eigenvalue weighted by atomic mass is 16.5. The zero-order chi connectivity index (χ0) is 13.8. The van der Waals surface area contributed by atoms with Crippen LogP contribution in [0.1, 0.15) is 42.1 Å². The van der Waals surface area contributed by atoms with E-state index in [9.17, 15) is 9.59 Å². The summed E-state index contributed by atoms with van der Waals surface area (Å²) in [4.78, 5) is 23.3. The van der Waals surface area contributed by atoms with Crippen molar-refractivity contribution >= 4 is 17.8 Å². The molecule has 2 rings (SSSR count). The van der Waals surface area contributed by atoms with Crippen LogP contribution in [0, 0.1) is 5.92 Å². The number of carbonyl (C=O) groups excluding carboxylic acids is 2. The van der Waals surface area contributed by atoms with Crippen LogP contribution < -0.4 is 0 Å². The Bertz CT molecular complexity index is 511. The Morgan fingerprint density at radius 3 is 2.63 bits per heavy atom. The van der Waals surface area contributed by atoms with Gasteiger partial charge in [-0.25, -0.2) is 4.79 Å². The number of hydrogen-bond acceptors (Lipinski definition) is 3. The van der Waals surface area contributed by atoms with Crippen molar-refractivity contribution in [3.8, 4) is 0 Å². The highest BCUT2D eigenvalue weighted by Crippen LogP contribution is 2.26. The van der Waals surface area contributed by atoms with Gasteiger partial charge in [0.05, 0.1) is 12.7 Å². The Hall–Kier alpha value is -1.90. The fraction of sp³-hybridized carbons (Fsp3) is 0.375. The fourth-order valence-electron chi connectivity index (χ4n) is 2.35. The van der Waals surface area contributed by atoms with Gasteiger partial charge in [0.15, 0.2) is 5.78 Å². The lowest BCUT2D eigenvalue weighted by Crippen LogP contribution is -2.18. The van der Waals surface area contributed by atoms with Crippen LogP contribution in [0.15, 0.2) is 29.8 Å². The number of benzene rings is 1. The van der Waals surface area contributed by atoms with Gasteiger partial charge < -0.3 is 4.74 Å². The number of methoxy groups -OCH3 is 1. The van der Waals surface area contributed by atoms with Crippen molar-refractivity contribution < 1.29 is 14.3 Å². The number of ether oxygens (including phenoxy) is 1. The molecule has 1 atom stereocenters. The van der Waals surface area contributed by atoms with Gasteiger partial charge in [0, 0.05) is 5.92 Å². The highest BCUT2D eigenvalue weighted by molar-refractivity contribution is 6.01. The molecule has 0 amide bonds. The monoisotopic (exact) mass is 258 g/mol. The minimum atomic E-state index is -0.346. The average Bonchev–Trinajstić information content (AvgIpc) is 2.44. The van der Waals surface area contributed by atoms with Crippen molar-refractivity contribution in [1.82, 2.24) is 0 Å². The van der Waals surface area contributed by atoms with Gasteiger partial charge in [-0.2, -0.15) is 0 Å². The van der Waals surface area contributed by atoms with Crippen LogP contribution in [0.4, 0.5) is 0 Å². The smallest absolute Gasteiger partial charge is 0.337 e. The normalized spacial score (nSPS) is 21.5. The number of esters is 1. The van der Waals surface area contributed by atoms with E-state index in [0.717, 1.165) is 30.4 Å². The van der Waals surface area contributed by atoms with Gasteiger partial charge in [-0.05, 0) is 48.6 Å². The molecule has 100 valence electrons. The summed E-state index contributed by atoms with van der Waals surface area (Å²) in [6.45, 7) is 1.98. The standard InChI is InChI=1S/C16H18O3/c1-11-4-3-5-14(15(11)17)10-12-6-8-13(9-7-12)16(18)19-2/h6-11H,3-5H2,1-2H3/b14-10+/t11-/m1/s1. The Morgan fingerprint density at radius 1 is 1.32 bits per heavy atom. The summed E-state index contributed by atoms with van der Waals surface area (Å²) >= 11 is 0. The molecule has 0 aliphatic heterocycles.